The van der Waals surface area contributed by atoms with Gasteiger partial charge in [0.05, 0.1) is 17.8 Å². The minimum Gasteiger partial charge on any atom is -0.141 e. The molecule has 1 rings (SSSR count). The Bertz CT molecular complexity index is 1430. The third-order valence-electron chi connectivity index (χ3n) is 8.95. The summed E-state index contributed by atoms with van der Waals surface area (Å²) in [4.78, 5) is 10.2. The molecule has 0 aliphatic carbocycles. The molecule has 1 aliphatic heterocycles. The van der Waals surface area contributed by atoms with Crippen molar-refractivity contribution in [2.45, 2.75) is 195 Å². The molecular formula is C55H99Cl5I8O2PS3-. The monoisotopic (exact) mass is 2110 g/mol. The predicted octanol–water partition coefficient (Wildman–Crippen LogP) is 24.2. The Morgan fingerprint density at radius 1 is 0.649 bits per heavy atom. The molecule has 74 heavy (non-hydrogen) atoms. The van der Waals surface area contributed by atoms with Crippen molar-refractivity contribution in [2.24, 2.45) is 0 Å². The van der Waals surface area contributed by atoms with Crippen LogP contribution in [0, 0.1) is 0 Å². The number of unbranched alkanes of at least 4 members (excludes halogenated alkanes) is 1. The van der Waals surface area contributed by atoms with Gasteiger partial charge in [0, 0.05) is 74.5 Å². The van der Waals surface area contributed by atoms with Crippen molar-refractivity contribution < 1.29 is 23.2 Å². The molecule has 0 spiro atoms. The maximum atomic E-state index is 10.2. The number of rotatable bonds is 23. The van der Waals surface area contributed by atoms with Crippen LogP contribution in [-0.4, -0.2) is 57.4 Å². The molecule has 0 amide bonds. The van der Waals surface area contributed by atoms with E-state index in [1.165, 1.54) is 95.5 Å². The Morgan fingerprint density at radius 3 is 1.16 bits per heavy atom. The number of hydrogen-bond donors (Lipinski definition) is 2. The number of aliphatic hydroxyl groups is 1. The third-order valence-corrected chi connectivity index (χ3v) is 12.1. The van der Waals surface area contributed by atoms with Crippen molar-refractivity contribution in [3.05, 3.63) is 105 Å². The molecule has 0 aromatic heterocycles. The topological polar surface area (TPSA) is 37.3 Å². The minimum absolute atomic E-state index is 0. The van der Waals surface area contributed by atoms with E-state index in [2.05, 4.69) is 273 Å². The van der Waals surface area contributed by atoms with Gasteiger partial charge in [0.1, 0.15) is 6.29 Å². The van der Waals surface area contributed by atoms with Crippen molar-refractivity contribution in [1.29, 1.82) is 1.28 Å². The summed E-state index contributed by atoms with van der Waals surface area (Å²) in [5.74, 6) is 3.71. The van der Waals surface area contributed by atoms with Crippen LogP contribution in [0.3, 0.4) is 0 Å². The van der Waals surface area contributed by atoms with Crippen molar-refractivity contribution in [3.8, 4) is 0 Å². The second-order valence-corrected chi connectivity index (χ2v) is 38.8. The quantitative estimate of drug-likeness (QED) is 0.0203. The van der Waals surface area contributed by atoms with E-state index in [0.717, 1.165) is 69.0 Å². The summed E-state index contributed by atoms with van der Waals surface area (Å²) < 4.78 is 6.20. The molecule has 1 unspecified atom stereocenters. The number of carbonyl (C=O) groups excluding carboxylic acids is 1. The van der Waals surface area contributed by atoms with Gasteiger partial charge >= 0.3 is 50.5 Å². The first-order chi connectivity index (χ1) is 35.1. The van der Waals surface area contributed by atoms with Crippen LogP contribution in [0.15, 0.2) is 105 Å². The smallest absolute Gasteiger partial charge is 0.0543 e. The summed E-state index contributed by atoms with van der Waals surface area (Å²) in [5, 5.41) is 8.91. The molecule has 0 bridgehead atoms. The number of thioether (sulfide) groups is 2. The molecule has 446 valence electrons. The number of halogens is 13. The summed E-state index contributed by atoms with van der Waals surface area (Å²) in [5.41, 5.74) is 12.7. The van der Waals surface area contributed by atoms with Crippen LogP contribution in [-0.2, 0) is 4.79 Å². The average molecular weight is 2110 g/mol. The number of aliphatic hydroxyl groups excluding tert-OH is 1. The van der Waals surface area contributed by atoms with E-state index < -0.39 is 4.30 Å². The van der Waals surface area contributed by atoms with Crippen LogP contribution in [0.4, 0.5) is 0 Å². The van der Waals surface area contributed by atoms with E-state index in [4.69, 9.17) is 64.4 Å². The summed E-state index contributed by atoms with van der Waals surface area (Å²) >= 11 is 45.9. The van der Waals surface area contributed by atoms with E-state index in [1.54, 1.807) is 11.6 Å². The fourth-order valence-corrected chi connectivity index (χ4v) is 8.45. The van der Waals surface area contributed by atoms with Crippen LogP contribution in [0.5, 0.6) is 0 Å². The first-order valence-corrected chi connectivity index (χ1v) is 55.4. The molecule has 1 N–H and O–H groups in total. The zero-order valence-corrected chi connectivity index (χ0v) is 71.9. The SMILES string of the molecule is CC(C)=CCC/C(C)=C/CC/C(C)=C/C1SCCCS1.CC(C)=CCC/C(C)=C/CC/C(C)=C/C=O.CC(C)=CCC/C(C)=C/CC/C(C)=C/CO.CCCCS.ClC(Cl)Cl.ClCCl.I.II.II.I[I-]I.[2H]PC. The van der Waals surface area contributed by atoms with Crippen molar-refractivity contribution in [2.75, 3.05) is 35.9 Å². The van der Waals surface area contributed by atoms with Gasteiger partial charge in [-0.05, 0) is 196 Å². The molecule has 1 atom stereocenters. The van der Waals surface area contributed by atoms with Gasteiger partial charge in [-0.1, -0.05) is 154 Å². The molecule has 0 aromatic rings. The number of aldehydes is 1. The number of alkyl halides is 5. The van der Waals surface area contributed by atoms with Crippen LogP contribution in [0.1, 0.15) is 186 Å². The Balaban J connectivity index is -0.0000000879. The van der Waals surface area contributed by atoms with Crippen LogP contribution < -0.4 is 13.3 Å². The maximum absolute atomic E-state index is 10.2. The van der Waals surface area contributed by atoms with Gasteiger partial charge in [0.25, 0.3) is 0 Å². The molecule has 0 radical (unpaired) electrons. The number of thiol groups is 1. The van der Waals surface area contributed by atoms with Crippen molar-refractivity contribution in [3.63, 3.8) is 0 Å². The Labute approximate surface area is 595 Å². The van der Waals surface area contributed by atoms with Gasteiger partial charge < -0.3 is 5.11 Å². The van der Waals surface area contributed by atoms with Crippen LogP contribution >= 0.6 is 239 Å². The van der Waals surface area contributed by atoms with Crippen LogP contribution in [0.25, 0.3) is 0 Å². The largest absolute Gasteiger partial charge is 0.141 e. The fourth-order valence-electron chi connectivity index (χ4n) is 5.24. The maximum Gasteiger partial charge on any atom is 0.0543 e. The first kappa shape index (κ1) is 99.1. The van der Waals surface area contributed by atoms with E-state index in [9.17, 15) is 4.79 Å². The molecular weight excluding hydrogens is 2010 g/mol. The fraction of sp³-hybridized carbons (Fsp3) is 0.655. The predicted molar refractivity (Wildman–Crippen MR) is 425 cm³/mol. The molecule has 19 heteroatoms. The van der Waals surface area contributed by atoms with Gasteiger partial charge in [-0.15, -0.1) is 79.9 Å². The molecule has 1 aliphatic rings. The second-order valence-electron chi connectivity index (χ2n) is 16.6. The number of hydrogen-bond acceptors (Lipinski definition) is 5. The van der Waals surface area contributed by atoms with Crippen molar-refractivity contribution >= 4 is 245 Å². The van der Waals surface area contributed by atoms with Gasteiger partial charge in [0.15, 0.2) is 4.30 Å². The van der Waals surface area contributed by atoms with E-state index in [-0.39, 0.29) is 35.9 Å². The van der Waals surface area contributed by atoms with Crippen LogP contribution in [0.2, 0.25) is 0 Å². The molecule has 0 aromatic carbocycles. The second kappa shape index (κ2) is 92.8. The molecule has 1 heterocycles. The Kier molecular flexibility index (Phi) is 124. The molecule has 2 nitrogen and oxygen atoms in total. The molecule has 0 saturated carbocycles. The Morgan fingerprint density at radius 2 is 0.919 bits per heavy atom. The summed E-state index contributed by atoms with van der Waals surface area (Å²) in [6.45, 7) is 30.1. The zero-order valence-electron chi connectivity index (χ0n) is 48.1. The molecule has 1 fully saturated rings. The van der Waals surface area contributed by atoms with Gasteiger partial charge in [-0.25, -0.2) is 0 Å². The van der Waals surface area contributed by atoms with E-state index in [1.807, 2.05) is 19.7 Å². The third kappa shape index (κ3) is 120. The summed E-state index contributed by atoms with van der Waals surface area (Å²) in [6.07, 6.45) is 38.3. The Hall–Kier alpha value is 6.06. The van der Waals surface area contributed by atoms with Gasteiger partial charge in [-0.3, -0.25) is 4.79 Å². The first-order valence-electron chi connectivity index (χ1n) is 24.6. The van der Waals surface area contributed by atoms with E-state index >= 15 is 0 Å². The van der Waals surface area contributed by atoms with Gasteiger partial charge in [-0.2, -0.15) is 12.6 Å². The van der Waals surface area contributed by atoms with E-state index in [0.29, 0.717) is 27.0 Å². The number of carbonyl (C=O) groups is 1. The summed E-state index contributed by atoms with van der Waals surface area (Å²) in [7, 11) is 0.333. The van der Waals surface area contributed by atoms with Gasteiger partial charge in [0.2, 0.25) is 0 Å². The molecule has 1 saturated heterocycles. The minimum atomic E-state index is -0.750. The summed E-state index contributed by atoms with van der Waals surface area (Å²) in [6, 6.07) is 0. The average Bonchev–Trinajstić information content (AvgIpc) is 3.32. The normalized spacial score (nSPS) is 12.6. The zero-order chi connectivity index (χ0) is 59.4. The standard InChI is InChI=1S/C18H30S2.C15H26O.C15H24O.C4H10S.CHCl3.CH2Cl2.CH5P.I3.2I2.HI/c1-15(2)8-5-9-16(3)10-6-11-17(4)14-18-19-12-7-13-20-18;2*1-13(2)7-5-8-14(3)9-6-10-15(4)11-12-16;1-2-3-4-5;2-1(3)4;2-1-3;1-2;1-3-2;2*1-2;/h8,10,14,18H,5-7,9,11-13H2,1-4H3;7,9,11,16H,5-6,8,10,12H2,1-4H3;7,9,11-12H,5-6,8,10H2,1-4H3;5H,2-4H2,1H3;1H;1H2;2H2,1H3;;;;1H/q;;;;;;;-1;;;/b16-10+,17-14+;2*14-9+,15-11+;;;;;;;;/i;;;;;;2D;;;;. The number of allylic oxidation sites excluding steroid dienone is 16. The van der Waals surface area contributed by atoms with Crippen molar-refractivity contribution in [1.82, 2.24) is 0 Å².